The quantitative estimate of drug-likeness (QED) is 0.693. The lowest BCUT2D eigenvalue weighted by atomic mass is 9.96. The molecule has 1 atom stereocenters. The van der Waals surface area contributed by atoms with Gasteiger partial charge in [-0.25, -0.2) is 0 Å². The third kappa shape index (κ3) is 4.54. The molecule has 0 spiro atoms. The standard InChI is InChI=1S/C24H33N3O4/c1-17-5-6-20(14-18(17)2)21-22(26-7-3-4-19(15-26)16-28)24(30)27(23(21)29)9-8-25-10-12-31-13-11-25/h5-6,14,19,28H,3-4,7-13,15-16H2,1-2H3. The maximum atomic E-state index is 13.5. The Bertz CT molecular complexity index is 876. The van der Waals surface area contributed by atoms with Crippen molar-refractivity contribution < 1.29 is 19.4 Å². The van der Waals surface area contributed by atoms with Crippen molar-refractivity contribution in [2.75, 3.05) is 59.1 Å². The van der Waals surface area contributed by atoms with Gasteiger partial charge in [0.1, 0.15) is 5.70 Å². The third-order valence-electron chi connectivity index (χ3n) is 6.78. The molecule has 0 bridgehead atoms. The molecule has 4 rings (SSSR count). The van der Waals surface area contributed by atoms with Crippen molar-refractivity contribution in [2.24, 2.45) is 5.92 Å². The van der Waals surface area contributed by atoms with Crippen LogP contribution in [0.2, 0.25) is 0 Å². The number of aliphatic hydroxyl groups excluding tert-OH is 1. The van der Waals surface area contributed by atoms with Crippen molar-refractivity contribution in [3.63, 3.8) is 0 Å². The number of rotatable bonds is 6. The number of carbonyl (C=O) groups excluding carboxylic acids is 2. The van der Waals surface area contributed by atoms with Crippen LogP contribution in [-0.4, -0.2) is 90.7 Å². The molecule has 1 N–H and O–H groups in total. The molecule has 0 aliphatic carbocycles. The second-order valence-corrected chi connectivity index (χ2v) is 8.88. The number of benzene rings is 1. The number of nitrogens with zero attached hydrogens (tertiary/aromatic N) is 3. The number of aliphatic hydroxyl groups is 1. The Morgan fingerprint density at radius 2 is 1.81 bits per heavy atom. The van der Waals surface area contributed by atoms with Gasteiger partial charge in [0.2, 0.25) is 0 Å². The molecule has 1 aromatic rings. The van der Waals surface area contributed by atoms with Crippen LogP contribution >= 0.6 is 0 Å². The molecule has 168 valence electrons. The first kappa shape index (κ1) is 22.0. The molecule has 0 aromatic heterocycles. The molecule has 3 heterocycles. The van der Waals surface area contributed by atoms with Crippen LogP contribution in [0.1, 0.15) is 29.5 Å². The average molecular weight is 428 g/mol. The minimum Gasteiger partial charge on any atom is -0.396 e. The molecule has 2 fully saturated rings. The number of amides is 2. The molecule has 3 aliphatic heterocycles. The fraction of sp³-hybridized carbons (Fsp3) is 0.583. The number of aryl methyl sites for hydroxylation is 2. The average Bonchev–Trinajstić information content (AvgIpc) is 3.04. The van der Waals surface area contributed by atoms with E-state index in [1.165, 1.54) is 4.90 Å². The number of carbonyl (C=O) groups is 2. The van der Waals surface area contributed by atoms with Gasteiger partial charge in [0.15, 0.2) is 0 Å². The minimum atomic E-state index is -0.206. The lowest BCUT2D eigenvalue weighted by Crippen LogP contribution is -2.45. The summed E-state index contributed by atoms with van der Waals surface area (Å²) < 4.78 is 5.40. The normalized spacial score (nSPS) is 23.3. The van der Waals surface area contributed by atoms with Crippen molar-refractivity contribution >= 4 is 17.4 Å². The molecule has 0 radical (unpaired) electrons. The smallest absolute Gasteiger partial charge is 0.277 e. The molecular weight excluding hydrogens is 394 g/mol. The summed E-state index contributed by atoms with van der Waals surface area (Å²) in [4.78, 5) is 32.7. The van der Waals surface area contributed by atoms with E-state index < -0.39 is 0 Å². The number of hydrogen-bond acceptors (Lipinski definition) is 6. The SMILES string of the molecule is Cc1ccc(C2=C(N3CCCC(CO)C3)C(=O)N(CCN3CCOCC3)C2=O)cc1C. The number of likely N-dealkylation sites (tertiary alicyclic amines) is 1. The van der Waals surface area contributed by atoms with Gasteiger partial charge in [0, 0.05) is 45.9 Å². The molecule has 2 saturated heterocycles. The maximum Gasteiger partial charge on any atom is 0.277 e. The summed E-state index contributed by atoms with van der Waals surface area (Å²) in [6, 6.07) is 5.97. The Morgan fingerprint density at radius 1 is 1.03 bits per heavy atom. The summed E-state index contributed by atoms with van der Waals surface area (Å²) in [6.07, 6.45) is 1.85. The van der Waals surface area contributed by atoms with Gasteiger partial charge in [-0.2, -0.15) is 0 Å². The molecule has 0 saturated carbocycles. The number of piperidine rings is 1. The molecule has 7 nitrogen and oxygen atoms in total. The first-order valence-electron chi connectivity index (χ1n) is 11.3. The van der Waals surface area contributed by atoms with Gasteiger partial charge in [-0.05, 0) is 49.3 Å². The second-order valence-electron chi connectivity index (χ2n) is 8.88. The van der Waals surface area contributed by atoms with E-state index in [2.05, 4.69) is 4.90 Å². The van der Waals surface area contributed by atoms with Crippen LogP contribution in [0.15, 0.2) is 23.9 Å². The van der Waals surface area contributed by atoms with E-state index in [-0.39, 0.29) is 24.3 Å². The van der Waals surface area contributed by atoms with Crippen LogP contribution in [0.25, 0.3) is 5.57 Å². The van der Waals surface area contributed by atoms with Crippen molar-refractivity contribution in [3.8, 4) is 0 Å². The highest BCUT2D eigenvalue weighted by molar-refractivity contribution is 6.35. The summed E-state index contributed by atoms with van der Waals surface area (Å²) in [5.41, 5.74) is 4.08. The number of morpholine rings is 1. The van der Waals surface area contributed by atoms with Crippen LogP contribution in [0, 0.1) is 19.8 Å². The third-order valence-corrected chi connectivity index (χ3v) is 6.78. The Kier molecular flexibility index (Phi) is 6.74. The van der Waals surface area contributed by atoms with Crippen LogP contribution < -0.4 is 0 Å². The first-order chi connectivity index (χ1) is 15.0. The highest BCUT2D eigenvalue weighted by atomic mass is 16.5. The van der Waals surface area contributed by atoms with Crippen LogP contribution in [0.3, 0.4) is 0 Å². The topological polar surface area (TPSA) is 73.3 Å². The molecular formula is C24H33N3O4. The first-order valence-corrected chi connectivity index (χ1v) is 11.3. The van der Waals surface area contributed by atoms with Gasteiger partial charge in [-0.1, -0.05) is 18.2 Å². The van der Waals surface area contributed by atoms with Crippen molar-refractivity contribution in [1.29, 1.82) is 0 Å². The van der Waals surface area contributed by atoms with E-state index in [1.54, 1.807) is 0 Å². The predicted octanol–water partition coefficient (Wildman–Crippen LogP) is 1.42. The van der Waals surface area contributed by atoms with Crippen molar-refractivity contribution in [3.05, 3.63) is 40.6 Å². The monoisotopic (exact) mass is 427 g/mol. The largest absolute Gasteiger partial charge is 0.396 e. The van der Waals surface area contributed by atoms with Gasteiger partial charge in [0.25, 0.3) is 11.8 Å². The Morgan fingerprint density at radius 3 is 2.52 bits per heavy atom. The molecule has 1 unspecified atom stereocenters. The van der Waals surface area contributed by atoms with Gasteiger partial charge in [0.05, 0.1) is 18.8 Å². The fourth-order valence-electron chi connectivity index (χ4n) is 4.70. The lowest BCUT2D eigenvalue weighted by Gasteiger charge is -2.34. The van der Waals surface area contributed by atoms with Gasteiger partial charge in [-0.15, -0.1) is 0 Å². The molecule has 3 aliphatic rings. The molecule has 31 heavy (non-hydrogen) atoms. The highest BCUT2D eigenvalue weighted by Gasteiger charge is 2.42. The van der Waals surface area contributed by atoms with Crippen LogP contribution in [-0.2, 0) is 14.3 Å². The second kappa shape index (κ2) is 9.51. The summed E-state index contributed by atoms with van der Waals surface area (Å²) in [6.45, 7) is 9.58. The summed E-state index contributed by atoms with van der Waals surface area (Å²) >= 11 is 0. The summed E-state index contributed by atoms with van der Waals surface area (Å²) in [5, 5.41) is 9.68. The highest BCUT2D eigenvalue weighted by Crippen LogP contribution is 2.34. The van der Waals surface area contributed by atoms with E-state index in [0.29, 0.717) is 44.1 Å². The van der Waals surface area contributed by atoms with Gasteiger partial charge >= 0.3 is 0 Å². The van der Waals surface area contributed by atoms with Crippen LogP contribution in [0.4, 0.5) is 0 Å². The van der Waals surface area contributed by atoms with Crippen molar-refractivity contribution in [1.82, 2.24) is 14.7 Å². The van der Waals surface area contributed by atoms with Gasteiger partial charge in [-0.3, -0.25) is 19.4 Å². The molecule has 1 aromatic carbocycles. The number of hydrogen-bond donors (Lipinski definition) is 1. The fourth-order valence-corrected chi connectivity index (χ4v) is 4.70. The van der Waals surface area contributed by atoms with E-state index in [9.17, 15) is 14.7 Å². The number of imide groups is 1. The molecule has 2 amide bonds. The van der Waals surface area contributed by atoms with E-state index in [1.807, 2.05) is 36.9 Å². The zero-order chi connectivity index (χ0) is 22.0. The van der Waals surface area contributed by atoms with Crippen LogP contribution in [0.5, 0.6) is 0 Å². The summed E-state index contributed by atoms with van der Waals surface area (Å²) in [7, 11) is 0. The maximum absolute atomic E-state index is 13.5. The van der Waals surface area contributed by atoms with Gasteiger partial charge < -0.3 is 14.7 Å². The van der Waals surface area contributed by atoms with E-state index in [4.69, 9.17) is 4.74 Å². The zero-order valence-electron chi connectivity index (χ0n) is 18.6. The zero-order valence-corrected chi connectivity index (χ0v) is 18.6. The Labute approximate surface area is 184 Å². The summed E-state index contributed by atoms with van der Waals surface area (Å²) in [5.74, 6) is -0.278. The number of ether oxygens (including phenoxy) is 1. The van der Waals surface area contributed by atoms with Crippen molar-refractivity contribution in [2.45, 2.75) is 26.7 Å². The van der Waals surface area contributed by atoms with E-state index in [0.717, 1.165) is 49.2 Å². The Balaban J connectivity index is 1.64. The predicted molar refractivity (Wildman–Crippen MR) is 118 cm³/mol. The molecule has 7 heteroatoms. The minimum absolute atomic E-state index is 0.103. The lowest BCUT2D eigenvalue weighted by molar-refractivity contribution is -0.138. The Hall–Kier alpha value is -2.22. The van der Waals surface area contributed by atoms with E-state index >= 15 is 0 Å².